The van der Waals surface area contributed by atoms with E-state index in [0.717, 1.165) is 11.8 Å². The normalized spacial score (nSPS) is 27.2. The molecule has 1 saturated carbocycles. The second-order valence-electron chi connectivity index (χ2n) is 3.59. The lowest BCUT2D eigenvalue weighted by Gasteiger charge is -2.14. The molecule has 0 nitrogen and oxygen atoms in total. The van der Waals surface area contributed by atoms with Crippen LogP contribution in [0.4, 0.5) is 0 Å². The molecule has 0 bridgehead atoms. The Hall–Kier alpha value is 0. The van der Waals surface area contributed by atoms with Gasteiger partial charge in [-0.25, -0.2) is 0 Å². The molecule has 0 spiro atoms. The lowest BCUT2D eigenvalue weighted by atomic mass is 9.92. The molecule has 2 unspecified atom stereocenters. The maximum Gasteiger partial charge on any atom is -0.0417 e. The summed E-state index contributed by atoms with van der Waals surface area (Å²) in [5, 5.41) is 0. The van der Waals surface area contributed by atoms with Gasteiger partial charge in [-0.15, -0.1) is 0 Å². The highest BCUT2D eigenvalue weighted by Crippen LogP contribution is 2.27. The molecule has 1 fully saturated rings. The summed E-state index contributed by atoms with van der Waals surface area (Å²) in [6.07, 6.45) is 7.38. The second-order valence-corrected chi connectivity index (χ2v) is 3.59. The van der Waals surface area contributed by atoms with E-state index in [1.807, 2.05) is 27.7 Å². The maximum absolute atomic E-state index is 2.40. The van der Waals surface area contributed by atoms with Gasteiger partial charge in [0.2, 0.25) is 0 Å². The zero-order valence-electron chi connectivity index (χ0n) is 10.7. The van der Waals surface area contributed by atoms with Crippen molar-refractivity contribution in [2.24, 2.45) is 11.8 Å². The van der Waals surface area contributed by atoms with Gasteiger partial charge in [0.15, 0.2) is 0 Å². The molecule has 1 aliphatic carbocycles. The van der Waals surface area contributed by atoms with Crippen molar-refractivity contribution in [1.82, 2.24) is 0 Å². The smallest absolute Gasteiger partial charge is 0.0417 e. The summed E-state index contributed by atoms with van der Waals surface area (Å²) >= 11 is 0. The van der Waals surface area contributed by atoms with Crippen molar-refractivity contribution < 1.29 is 0 Å². The minimum Gasteiger partial charge on any atom is -0.0683 e. The van der Waals surface area contributed by atoms with E-state index in [2.05, 4.69) is 13.8 Å². The zero-order chi connectivity index (χ0) is 10.7. The fourth-order valence-corrected chi connectivity index (χ4v) is 1.68. The molecule has 0 aliphatic heterocycles. The lowest BCUT2D eigenvalue weighted by Crippen LogP contribution is -2.04. The molecule has 0 aromatic carbocycles. The Morgan fingerprint density at radius 1 is 0.615 bits per heavy atom. The largest absolute Gasteiger partial charge is 0.0683 e. The fraction of sp³-hybridized carbons (Fsp3) is 1.00. The van der Waals surface area contributed by atoms with Crippen LogP contribution in [0, 0.1) is 11.8 Å². The quantitative estimate of drug-likeness (QED) is 0.452. The average molecular weight is 186 g/mol. The van der Waals surface area contributed by atoms with E-state index in [1.165, 1.54) is 32.1 Å². The van der Waals surface area contributed by atoms with Gasteiger partial charge in [0, 0.05) is 0 Å². The minimum absolute atomic E-state index is 0.993. The van der Waals surface area contributed by atoms with Crippen LogP contribution < -0.4 is 0 Å². The highest BCUT2D eigenvalue weighted by molar-refractivity contribution is 4.66. The first-order valence-electron chi connectivity index (χ1n) is 6.30. The van der Waals surface area contributed by atoms with Gasteiger partial charge in [0.25, 0.3) is 0 Å². The van der Waals surface area contributed by atoms with Crippen LogP contribution in [0.25, 0.3) is 0 Å². The molecule has 82 valence electrons. The zero-order valence-corrected chi connectivity index (χ0v) is 10.7. The van der Waals surface area contributed by atoms with E-state index >= 15 is 0 Å². The van der Waals surface area contributed by atoms with Crippen molar-refractivity contribution >= 4 is 0 Å². The van der Waals surface area contributed by atoms with Crippen LogP contribution in [0.5, 0.6) is 0 Å². The first-order chi connectivity index (χ1) is 6.30. The lowest BCUT2D eigenvalue weighted by molar-refractivity contribution is 0.367. The summed E-state index contributed by atoms with van der Waals surface area (Å²) in [5.41, 5.74) is 0. The monoisotopic (exact) mass is 186 g/mol. The standard InChI is InChI=1S/C9H18.2C2H6/c1-8-6-4-3-5-7-9(8)2;2*1-2/h8-9H,3-7H2,1-2H3;2*1-2H3. The van der Waals surface area contributed by atoms with Crippen LogP contribution in [0.2, 0.25) is 0 Å². The van der Waals surface area contributed by atoms with E-state index in [4.69, 9.17) is 0 Å². The molecule has 0 saturated heterocycles. The van der Waals surface area contributed by atoms with Crippen LogP contribution in [0.1, 0.15) is 73.6 Å². The fourth-order valence-electron chi connectivity index (χ4n) is 1.68. The van der Waals surface area contributed by atoms with Gasteiger partial charge >= 0.3 is 0 Å². The predicted octanol–water partition coefficient (Wildman–Crippen LogP) is 5.28. The third kappa shape index (κ3) is 8.33. The minimum atomic E-state index is 0.993. The third-order valence-electron chi connectivity index (χ3n) is 2.79. The first-order valence-corrected chi connectivity index (χ1v) is 6.30. The Morgan fingerprint density at radius 2 is 0.923 bits per heavy atom. The Labute approximate surface area is 86.1 Å². The van der Waals surface area contributed by atoms with Crippen LogP contribution in [-0.4, -0.2) is 0 Å². The molecule has 1 aliphatic rings. The highest BCUT2D eigenvalue weighted by atomic mass is 14.2. The van der Waals surface area contributed by atoms with Crippen molar-refractivity contribution in [2.45, 2.75) is 73.6 Å². The summed E-state index contributed by atoms with van der Waals surface area (Å²) < 4.78 is 0. The number of hydrogen-bond acceptors (Lipinski definition) is 0. The van der Waals surface area contributed by atoms with Gasteiger partial charge in [-0.1, -0.05) is 73.6 Å². The molecule has 0 amide bonds. The van der Waals surface area contributed by atoms with Gasteiger partial charge in [0.1, 0.15) is 0 Å². The van der Waals surface area contributed by atoms with Crippen molar-refractivity contribution in [1.29, 1.82) is 0 Å². The molecular formula is C13H30. The van der Waals surface area contributed by atoms with Gasteiger partial charge in [-0.2, -0.15) is 0 Å². The maximum atomic E-state index is 2.40. The Bertz CT molecular complexity index is 66.1. The van der Waals surface area contributed by atoms with Crippen molar-refractivity contribution in [3.8, 4) is 0 Å². The van der Waals surface area contributed by atoms with E-state index in [-0.39, 0.29) is 0 Å². The van der Waals surface area contributed by atoms with Crippen molar-refractivity contribution in [3.63, 3.8) is 0 Å². The molecule has 0 heterocycles. The summed E-state index contributed by atoms with van der Waals surface area (Å²) in [5.74, 6) is 1.99. The Kier molecular flexibility index (Phi) is 14.3. The molecule has 0 aromatic heterocycles. The van der Waals surface area contributed by atoms with Crippen molar-refractivity contribution in [2.75, 3.05) is 0 Å². The van der Waals surface area contributed by atoms with Gasteiger partial charge < -0.3 is 0 Å². The molecule has 0 radical (unpaired) electrons. The van der Waals surface area contributed by atoms with E-state index in [9.17, 15) is 0 Å². The molecule has 0 N–H and O–H groups in total. The molecule has 13 heavy (non-hydrogen) atoms. The number of hydrogen-bond donors (Lipinski definition) is 0. The summed E-state index contributed by atoms with van der Waals surface area (Å²) in [4.78, 5) is 0. The second kappa shape index (κ2) is 12.0. The topological polar surface area (TPSA) is 0 Å². The summed E-state index contributed by atoms with van der Waals surface area (Å²) in [6.45, 7) is 12.8. The van der Waals surface area contributed by atoms with Crippen LogP contribution >= 0.6 is 0 Å². The van der Waals surface area contributed by atoms with Crippen LogP contribution in [-0.2, 0) is 0 Å². The Morgan fingerprint density at radius 3 is 1.23 bits per heavy atom. The van der Waals surface area contributed by atoms with Gasteiger partial charge in [-0.05, 0) is 11.8 Å². The molecular weight excluding hydrogens is 156 g/mol. The molecule has 0 aromatic rings. The molecule has 2 atom stereocenters. The van der Waals surface area contributed by atoms with E-state index < -0.39 is 0 Å². The van der Waals surface area contributed by atoms with Crippen molar-refractivity contribution in [3.05, 3.63) is 0 Å². The molecule has 1 rings (SSSR count). The number of rotatable bonds is 0. The Balaban J connectivity index is 0. The predicted molar refractivity (Wildman–Crippen MR) is 64.1 cm³/mol. The average Bonchev–Trinajstić information content (AvgIpc) is 2.39. The summed E-state index contributed by atoms with van der Waals surface area (Å²) in [7, 11) is 0. The van der Waals surface area contributed by atoms with E-state index in [1.54, 1.807) is 0 Å². The first kappa shape index (κ1) is 15.5. The van der Waals surface area contributed by atoms with Crippen LogP contribution in [0.3, 0.4) is 0 Å². The highest BCUT2D eigenvalue weighted by Gasteiger charge is 2.14. The van der Waals surface area contributed by atoms with E-state index in [0.29, 0.717) is 0 Å². The molecule has 0 heteroatoms. The van der Waals surface area contributed by atoms with Gasteiger partial charge in [0.05, 0.1) is 0 Å². The summed E-state index contributed by atoms with van der Waals surface area (Å²) in [6, 6.07) is 0. The third-order valence-corrected chi connectivity index (χ3v) is 2.79. The van der Waals surface area contributed by atoms with Gasteiger partial charge in [-0.3, -0.25) is 0 Å². The SMILES string of the molecule is CC.CC.CC1CCCCCC1C. The van der Waals surface area contributed by atoms with Crippen LogP contribution in [0.15, 0.2) is 0 Å².